The molecule has 0 bridgehead atoms. The predicted molar refractivity (Wildman–Crippen MR) is 133 cm³/mol. The molecule has 0 amide bonds. The highest BCUT2D eigenvalue weighted by Crippen LogP contribution is 2.44. The van der Waals surface area contributed by atoms with Crippen LogP contribution in [0.1, 0.15) is 39.4 Å². The van der Waals surface area contributed by atoms with Gasteiger partial charge in [-0.05, 0) is 46.4 Å². The molecule has 0 radical (unpaired) electrons. The summed E-state index contributed by atoms with van der Waals surface area (Å²) in [5, 5.41) is 0. The van der Waals surface area contributed by atoms with Crippen molar-refractivity contribution in [1.29, 1.82) is 0 Å². The van der Waals surface area contributed by atoms with E-state index in [9.17, 15) is 9.59 Å². The molecule has 0 saturated heterocycles. The number of esters is 1. The number of carbonyl (C=O) groups is 2. The molecule has 0 aliphatic heterocycles. The van der Waals surface area contributed by atoms with Crippen LogP contribution in [-0.4, -0.2) is 23.8 Å². The topological polar surface area (TPSA) is 56.3 Å². The molecule has 5 heteroatoms. The summed E-state index contributed by atoms with van der Waals surface area (Å²) >= 11 is 1.49. The first-order valence-corrected chi connectivity index (χ1v) is 12.0. The average Bonchev–Trinajstić information content (AvgIpc) is 3.21. The number of fused-ring (bicyclic) bond motifs is 3. The number of benzene rings is 3. The van der Waals surface area contributed by atoms with Gasteiger partial charge in [-0.2, -0.15) is 0 Å². The highest BCUT2D eigenvalue weighted by atomic mass is 32.2. The van der Waals surface area contributed by atoms with E-state index in [1.165, 1.54) is 34.0 Å². The molecule has 1 aromatic heterocycles. The normalized spacial score (nSPS) is 12.1. The number of ether oxygens (including phenoxy) is 1. The Kier molecular flexibility index (Phi) is 6.54. The Hall–Kier alpha value is -3.70. The van der Waals surface area contributed by atoms with Gasteiger partial charge in [0, 0.05) is 40.1 Å². The molecule has 0 saturated carbocycles. The molecule has 0 atom stereocenters. The maximum atomic E-state index is 12.7. The smallest absolute Gasteiger partial charge is 0.306 e. The van der Waals surface area contributed by atoms with Crippen molar-refractivity contribution in [2.75, 3.05) is 6.61 Å². The van der Waals surface area contributed by atoms with Crippen LogP contribution in [-0.2, 0) is 16.0 Å². The number of hydrogen-bond donors (Lipinski definition) is 0. The van der Waals surface area contributed by atoms with Crippen molar-refractivity contribution in [2.24, 2.45) is 0 Å². The zero-order valence-corrected chi connectivity index (χ0v) is 19.3. The molecule has 4 nitrogen and oxygen atoms in total. The van der Waals surface area contributed by atoms with Gasteiger partial charge in [-0.25, -0.2) is 0 Å². The monoisotopic (exact) mass is 465 g/mol. The molecule has 34 heavy (non-hydrogen) atoms. The fourth-order valence-corrected chi connectivity index (χ4v) is 5.45. The van der Waals surface area contributed by atoms with E-state index in [-0.39, 0.29) is 18.3 Å². The van der Waals surface area contributed by atoms with Crippen LogP contribution in [0.5, 0.6) is 0 Å². The molecule has 4 aromatic rings. The van der Waals surface area contributed by atoms with E-state index in [2.05, 4.69) is 29.2 Å². The van der Waals surface area contributed by atoms with Crippen LogP contribution in [0, 0.1) is 0 Å². The third kappa shape index (κ3) is 4.52. The van der Waals surface area contributed by atoms with Gasteiger partial charge >= 0.3 is 5.97 Å². The van der Waals surface area contributed by atoms with Crippen LogP contribution in [0.25, 0.3) is 11.1 Å². The van der Waals surface area contributed by atoms with Crippen molar-refractivity contribution >= 4 is 24.0 Å². The quantitative estimate of drug-likeness (QED) is 0.225. The molecular formula is C29H23NO3S. The number of pyridine rings is 1. The maximum absolute atomic E-state index is 12.7. The summed E-state index contributed by atoms with van der Waals surface area (Å²) in [6.07, 6.45) is 5.19. The summed E-state index contributed by atoms with van der Waals surface area (Å²) in [6, 6.07) is 26.0. The minimum Gasteiger partial charge on any atom is -0.465 e. The lowest BCUT2D eigenvalue weighted by molar-refractivity contribution is -0.143. The van der Waals surface area contributed by atoms with E-state index < -0.39 is 0 Å². The Morgan fingerprint density at radius 2 is 1.56 bits per heavy atom. The van der Waals surface area contributed by atoms with E-state index in [4.69, 9.17) is 4.74 Å². The first-order chi connectivity index (χ1) is 16.7. The Bertz CT molecular complexity index is 1310. The second kappa shape index (κ2) is 10.1. The zero-order chi connectivity index (χ0) is 23.3. The Morgan fingerprint density at radius 1 is 0.882 bits per heavy atom. The molecule has 0 N–H and O–H groups in total. The van der Waals surface area contributed by atoms with Gasteiger partial charge in [0.2, 0.25) is 0 Å². The van der Waals surface area contributed by atoms with Crippen LogP contribution in [0.2, 0.25) is 0 Å². The molecule has 0 fully saturated rings. The second-order valence-electron chi connectivity index (χ2n) is 8.15. The molecule has 168 valence electrons. The fourth-order valence-electron chi connectivity index (χ4n) is 4.42. The molecule has 0 spiro atoms. The third-order valence-electron chi connectivity index (χ3n) is 6.11. The number of aromatic nitrogens is 1. The lowest BCUT2D eigenvalue weighted by Crippen LogP contribution is -2.13. The average molecular weight is 466 g/mol. The van der Waals surface area contributed by atoms with Crippen LogP contribution in [0.15, 0.2) is 101 Å². The SMILES string of the molecule is O=Cc1ccccc1Sc1cnccc1CCC(=O)OCC1c2ccccc2-c2ccccc21. The van der Waals surface area contributed by atoms with Gasteiger partial charge in [0.15, 0.2) is 6.29 Å². The highest BCUT2D eigenvalue weighted by molar-refractivity contribution is 7.99. The summed E-state index contributed by atoms with van der Waals surface area (Å²) in [5.74, 6) is -0.161. The summed E-state index contributed by atoms with van der Waals surface area (Å²) in [4.78, 5) is 30.1. The van der Waals surface area contributed by atoms with Crippen LogP contribution in [0.4, 0.5) is 0 Å². The van der Waals surface area contributed by atoms with Gasteiger partial charge in [-0.1, -0.05) is 78.5 Å². The largest absolute Gasteiger partial charge is 0.465 e. The predicted octanol–water partition coefficient (Wildman–Crippen LogP) is 6.33. The van der Waals surface area contributed by atoms with Crippen molar-refractivity contribution in [1.82, 2.24) is 4.98 Å². The van der Waals surface area contributed by atoms with Crippen LogP contribution < -0.4 is 0 Å². The highest BCUT2D eigenvalue weighted by Gasteiger charge is 2.28. The number of nitrogens with zero attached hydrogens (tertiary/aromatic N) is 1. The molecule has 3 aromatic carbocycles. The summed E-state index contributed by atoms with van der Waals surface area (Å²) in [6.45, 7) is 0.331. The first-order valence-electron chi connectivity index (χ1n) is 11.2. The zero-order valence-electron chi connectivity index (χ0n) is 18.5. The Labute approximate surface area is 203 Å². The van der Waals surface area contributed by atoms with Gasteiger partial charge in [-0.15, -0.1) is 0 Å². The Morgan fingerprint density at radius 3 is 2.29 bits per heavy atom. The Balaban J connectivity index is 1.24. The molecule has 5 rings (SSSR count). The van der Waals surface area contributed by atoms with Crippen molar-refractivity contribution in [2.45, 2.75) is 28.6 Å². The van der Waals surface area contributed by atoms with Crippen LogP contribution in [0.3, 0.4) is 0 Å². The molecule has 1 heterocycles. The van der Waals surface area contributed by atoms with Gasteiger partial charge in [-0.3, -0.25) is 14.6 Å². The maximum Gasteiger partial charge on any atom is 0.306 e. The minimum atomic E-state index is -0.220. The number of aryl methyl sites for hydroxylation is 1. The van der Waals surface area contributed by atoms with Gasteiger partial charge < -0.3 is 4.74 Å². The van der Waals surface area contributed by atoms with E-state index in [1.54, 1.807) is 18.5 Å². The first kappa shape index (κ1) is 22.1. The number of carbonyl (C=O) groups excluding carboxylic acids is 2. The van der Waals surface area contributed by atoms with Crippen molar-refractivity contribution in [3.05, 3.63) is 114 Å². The standard InChI is InChI=1S/C29H23NO3S/c31-18-21-7-1-6-12-27(21)34-28-17-30-16-15-20(28)13-14-29(32)33-19-26-24-10-4-2-8-22(24)23-9-3-5-11-25(23)26/h1-12,15-18,26H,13-14,19H2. The van der Waals surface area contributed by atoms with E-state index in [1.807, 2.05) is 48.5 Å². The molecule has 1 aliphatic rings. The molecular weight excluding hydrogens is 442 g/mol. The summed E-state index contributed by atoms with van der Waals surface area (Å²) in [5.41, 5.74) is 6.49. The second-order valence-corrected chi connectivity index (χ2v) is 9.24. The van der Waals surface area contributed by atoms with E-state index in [0.717, 1.165) is 21.6 Å². The van der Waals surface area contributed by atoms with E-state index in [0.29, 0.717) is 18.6 Å². The molecule has 0 unspecified atom stereocenters. The number of aldehydes is 1. The van der Waals surface area contributed by atoms with Crippen molar-refractivity contribution < 1.29 is 14.3 Å². The number of hydrogen-bond acceptors (Lipinski definition) is 5. The number of rotatable bonds is 8. The van der Waals surface area contributed by atoms with Gasteiger partial charge in [0.25, 0.3) is 0 Å². The lowest BCUT2D eigenvalue weighted by Gasteiger charge is -2.14. The summed E-state index contributed by atoms with van der Waals surface area (Å²) in [7, 11) is 0. The fraction of sp³-hybridized carbons (Fsp3) is 0.138. The van der Waals surface area contributed by atoms with E-state index >= 15 is 0 Å². The van der Waals surface area contributed by atoms with Crippen LogP contribution >= 0.6 is 11.8 Å². The van der Waals surface area contributed by atoms with Crippen molar-refractivity contribution in [3.8, 4) is 11.1 Å². The third-order valence-corrected chi connectivity index (χ3v) is 7.29. The van der Waals surface area contributed by atoms with Gasteiger partial charge in [0.1, 0.15) is 6.61 Å². The molecule has 1 aliphatic carbocycles. The van der Waals surface area contributed by atoms with Gasteiger partial charge in [0.05, 0.1) is 0 Å². The summed E-state index contributed by atoms with van der Waals surface area (Å²) < 4.78 is 5.75. The lowest BCUT2D eigenvalue weighted by atomic mass is 9.98. The minimum absolute atomic E-state index is 0.0586. The van der Waals surface area contributed by atoms with Crippen molar-refractivity contribution in [3.63, 3.8) is 0 Å².